The van der Waals surface area contributed by atoms with Crippen molar-refractivity contribution in [3.8, 4) is 5.75 Å². The Kier molecular flexibility index (Phi) is 7.82. The fraction of sp³-hybridized carbons (Fsp3) is 0.0323. The predicted molar refractivity (Wildman–Crippen MR) is 159 cm³/mol. The van der Waals surface area contributed by atoms with E-state index in [1.807, 2.05) is 6.07 Å². The van der Waals surface area contributed by atoms with Gasteiger partial charge in [-0.25, -0.2) is 0 Å². The van der Waals surface area contributed by atoms with Gasteiger partial charge in [0.25, 0.3) is 17.5 Å². The first-order chi connectivity index (χ1) is 20.3. The second-order valence-corrected chi connectivity index (χ2v) is 9.04. The average Bonchev–Trinajstić information content (AvgIpc) is 3.00. The molecule has 0 saturated heterocycles. The molecule has 0 unspecified atom stereocenters. The van der Waals surface area contributed by atoms with E-state index in [2.05, 4.69) is 21.2 Å². The molecule has 11 heteroatoms. The zero-order valence-corrected chi connectivity index (χ0v) is 22.2. The summed E-state index contributed by atoms with van der Waals surface area (Å²) in [4.78, 5) is 50.1. The number of nitro benzene ring substituents is 1. The number of ketones is 1. The van der Waals surface area contributed by atoms with Crippen LogP contribution in [0.2, 0.25) is 0 Å². The van der Waals surface area contributed by atoms with E-state index in [0.717, 1.165) is 0 Å². The lowest BCUT2D eigenvalue weighted by atomic mass is 9.89. The summed E-state index contributed by atoms with van der Waals surface area (Å²) in [5, 5.41) is 20.8. The maximum absolute atomic E-state index is 13.5. The van der Waals surface area contributed by atoms with Gasteiger partial charge in [0.2, 0.25) is 5.78 Å². The smallest absolute Gasteiger partial charge is 0.271 e. The minimum Gasteiger partial charge on any atom is -0.495 e. The summed E-state index contributed by atoms with van der Waals surface area (Å²) >= 11 is 0. The van der Waals surface area contributed by atoms with Gasteiger partial charge < -0.3 is 15.4 Å². The zero-order valence-electron chi connectivity index (χ0n) is 22.2. The van der Waals surface area contributed by atoms with Gasteiger partial charge >= 0.3 is 0 Å². The standard InChI is InChI=1S/C31H23N5O6/c1-42-27-15-14-20(30(38)32-21-9-3-2-4-10-21)17-26(27)34-35-28-24-13-6-5-8-19(24)16-25(29(28)37)31(39)33-22-11-7-12-23(18-22)36(40)41/h2-18,34H,1H3,(H,32,38)(H,33,39). The number of hydrogen-bond donors (Lipinski definition) is 3. The lowest BCUT2D eigenvalue weighted by Gasteiger charge is -2.18. The van der Waals surface area contributed by atoms with E-state index >= 15 is 0 Å². The predicted octanol–water partition coefficient (Wildman–Crippen LogP) is 5.28. The Balaban J connectivity index is 1.43. The molecule has 4 aromatic carbocycles. The molecular weight excluding hydrogens is 538 g/mol. The zero-order chi connectivity index (χ0) is 29.6. The fourth-order valence-corrected chi connectivity index (χ4v) is 4.26. The first-order valence-electron chi connectivity index (χ1n) is 12.6. The van der Waals surface area contributed by atoms with E-state index in [0.29, 0.717) is 33.8 Å². The molecule has 0 aromatic heterocycles. The van der Waals surface area contributed by atoms with E-state index < -0.39 is 16.6 Å². The molecule has 3 N–H and O–H groups in total. The third-order valence-electron chi connectivity index (χ3n) is 6.32. The van der Waals surface area contributed by atoms with Crippen molar-refractivity contribution < 1.29 is 24.0 Å². The van der Waals surface area contributed by atoms with Gasteiger partial charge in [0.15, 0.2) is 0 Å². The quantitative estimate of drug-likeness (QED) is 0.150. The minimum absolute atomic E-state index is 0.0431. The van der Waals surface area contributed by atoms with Crippen LogP contribution in [-0.4, -0.2) is 35.3 Å². The molecule has 5 rings (SSSR count). The average molecular weight is 562 g/mol. The third kappa shape index (κ3) is 5.89. The monoisotopic (exact) mass is 561 g/mol. The van der Waals surface area contributed by atoms with Crippen LogP contribution in [-0.2, 0) is 9.59 Å². The molecule has 0 atom stereocenters. The second-order valence-electron chi connectivity index (χ2n) is 9.04. The summed E-state index contributed by atoms with van der Waals surface area (Å²) in [5.41, 5.74) is 4.84. The number of para-hydroxylation sites is 1. The number of nitro groups is 1. The normalized spacial score (nSPS) is 13.0. The Morgan fingerprint density at radius 2 is 1.55 bits per heavy atom. The van der Waals surface area contributed by atoms with Crippen LogP contribution in [0.5, 0.6) is 5.75 Å². The molecule has 1 aliphatic carbocycles. The summed E-state index contributed by atoms with van der Waals surface area (Å²) in [5.74, 6) is -1.41. The number of non-ortho nitro benzene ring substituents is 1. The number of ether oxygens (including phenoxy) is 1. The molecule has 0 radical (unpaired) electrons. The van der Waals surface area contributed by atoms with Crippen LogP contribution in [0.3, 0.4) is 0 Å². The third-order valence-corrected chi connectivity index (χ3v) is 6.32. The number of nitrogens with one attached hydrogen (secondary N) is 3. The van der Waals surface area contributed by atoms with E-state index in [1.54, 1.807) is 60.7 Å². The molecule has 208 valence electrons. The first kappa shape index (κ1) is 27.5. The minimum atomic E-state index is -0.750. The number of Topliss-reactive ketones (excluding diaryl/α,β-unsaturated/α-hetero) is 1. The number of nitrogens with zero attached hydrogens (tertiary/aromatic N) is 2. The van der Waals surface area contributed by atoms with Crippen LogP contribution in [0.1, 0.15) is 21.5 Å². The molecule has 4 aromatic rings. The molecule has 0 aliphatic heterocycles. The van der Waals surface area contributed by atoms with Crippen molar-refractivity contribution >= 4 is 52.1 Å². The molecule has 0 fully saturated rings. The number of hydrazone groups is 1. The van der Waals surface area contributed by atoms with Crippen LogP contribution < -0.4 is 20.8 Å². The van der Waals surface area contributed by atoms with Crippen molar-refractivity contribution in [2.45, 2.75) is 0 Å². The largest absolute Gasteiger partial charge is 0.495 e. The van der Waals surface area contributed by atoms with E-state index in [1.165, 1.54) is 43.5 Å². The molecule has 11 nitrogen and oxygen atoms in total. The Labute approximate surface area is 239 Å². The lowest BCUT2D eigenvalue weighted by molar-refractivity contribution is -0.384. The van der Waals surface area contributed by atoms with Gasteiger partial charge in [0.1, 0.15) is 11.5 Å². The summed E-state index contributed by atoms with van der Waals surface area (Å²) in [6, 6.07) is 26.0. The summed E-state index contributed by atoms with van der Waals surface area (Å²) in [6.45, 7) is 0. The number of rotatable bonds is 8. The van der Waals surface area contributed by atoms with Crippen molar-refractivity contribution in [3.05, 3.63) is 129 Å². The number of hydrogen-bond acceptors (Lipinski definition) is 8. The van der Waals surface area contributed by atoms with Gasteiger partial charge in [-0.15, -0.1) is 0 Å². The van der Waals surface area contributed by atoms with Gasteiger partial charge in [0.05, 0.1) is 23.3 Å². The van der Waals surface area contributed by atoms with E-state index in [-0.39, 0.29) is 28.6 Å². The maximum Gasteiger partial charge on any atom is 0.271 e. The molecule has 1 aliphatic rings. The van der Waals surface area contributed by atoms with E-state index in [4.69, 9.17) is 4.74 Å². The number of carbonyl (C=O) groups is 3. The Bertz CT molecular complexity index is 1780. The molecule has 42 heavy (non-hydrogen) atoms. The number of amides is 2. The highest BCUT2D eigenvalue weighted by atomic mass is 16.6. The van der Waals surface area contributed by atoms with Gasteiger partial charge in [-0.2, -0.15) is 5.10 Å². The second kappa shape index (κ2) is 12.0. The van der Waals surface area contributed by atoms with Crippen LogP contribution in [0.4, 0.5) is 22.7 Å². The molecular formula is C31H23N5O6. The molecule has 0 bridgehead atoms. The molecule has 0 saturated carbocycles. The SMILES string of the molecule is COc1ccc(C(=O)Nc2ccccc2)cc1NN=C1C(=O)C(C(=O)Nc2cccc([N+](=O)[O-])c2)=Cc2ccccc21. The van der Waals surface area contributed by atoms with Gasteiger partial charge in [-0.05, 0) is 48.0 Å². The van der Waals surface area contributed by atoms with E-state index in [9.17, 15) is 24.5 Å². The van der Waals surface area contributed by atoms with Crippen LogP contribution in [0, 0.1) is 10.1 Å². The number of methoxy groups -OCH3 is 1. The van der Waals surface area contributed by atoms with Crippen LogP contribution in [0.15, 0.2) is 108 Å². The Morgan fingerprint density at radius 1 is 0.833 bits per heavy atom. The first-order valence-corrected chi connectivity index (χ1v) is 12.6. The Hall–Kier alpha value is -6.10. The van der Waals surface area contributed by atoms with Gasteiger partial charge in [-0.3, -0.25) is 29.9 Å². The fourth-order valence-electron chi connectivity index (χ4n) is 4.26. The maximum atomic E-state index is 13.5. The highest BCUT2D eigenvalue weighted by Crippen LogP contribution is 2.28. The Morgan fingerprint density at radius 3 is 2.31 bits per heavy atom. The number of anilines is 3. The summed E-state index contributed by atoms with van der Waals surface area (Å²) < 4.78 is 5.41. The lowest BCUT2D eigenvalue weighted by Crippen LogP contribution is -2.30. The topological polar surface area (TPSA) is 152 Å². The summed E-state index contributed by atoms with van der Waals surface area (Å²) in [6.07, 6.45) is 1.44. The van der Waals surface area contributed by atoms with Crippen molar-refractivity contribution in [1.29, 1.82) is 0 Å². The summed E-state index contributed by atoms with van der Waals surface area (Å²) in [7, 11) is 1.46. The molecule has 0 heterocycles. The highest BCUT2D eigenvalue weighted by Gasteiger charge is 2.30. The molecule has 2 amide bonds. The van der Waals surface area contributed by atoms with Gasteiger partial charge in [-0.1, -0.05) is 48.5 Å². The highest BCUT2D eigenvalue weighted by molar-refractivity contribution is 6.59. The van der Waals surface area contributed by atoms with Crippen molar-refractivity contribution in [2.24, 2.45) is 5.10 Å². The van der Waals surface area contributed by atoms with Crippen molar-refractivity contribution in [2.75, 3.05) is 23.2 Å². The number of fused-ring (bicyclic) bond motifs is 1. The van der Waals surface area contributed by atoms with Crippen molar-refractivity contribution in [3.63, 3.8) is 0 Å². The number of benzene rings is 4. The van der Waals surface area contributed by atoms with Crippen LogP contribution in [0.25, 0.3) is 6.08 Å². The molecule has 0 spiro atoms. The van der Waals surface area contributed by atoms with Crippen LogP contribution >= 0.6 is 0 Å². The van der Waals surface area contributed by atoms with Gasteiger partial charge in [0, 0.05) is 34.6 Å². The van der Waals surface area contributed by atoms with Crippen molar-refractivity contribution in [1.82, 2.24) is 0 Å². The number of carbonyl (C=O) groups excluding carboxylic acids is 3.